The molecule has 4 nitrogen and oxygen atoms in total. The smallest absolute Gasteiger partial charge is 0.410 e. The molecular formula is C14H19NO3. The van der Waals surface area contributed by atoms with Crippen LogP contribution in [-0.4, -0.2) is 35.3 Å². The number of aliphatic hydroxyl groups is 1. The van der Waals surface area contributed by atoms with Crippen molar-refractivity contribution >= 4 is 6.09 Å². The van der Waals surface area contributed by atoms with E-state index >= 15 is 0 Å². The lowest BCUT2D eigenvalue weighted by Gasteiger charge is -2.33. The summed E-state index contributed by atoms with van der Waals surface area (Å²) in [6.07, 6.45) is 0.0301. The topological polar surface area (TPSA) is 49.8 Å². The molecule has 1 fully saturated rings. The van der Waals surface area contributed by atoms with Gasteiger partial charge in [0.25, 0.3) is 0 Å². The lowest BCUT2D eigenvalue weighted by Crippen LogP contribution is -2.45. The highest BCUT2D eigenvalue weighted by Gasteiger charge is 2.27. The molecule has 0 unspecified atom stereocenters. The van der Waals surface area contributed by atoms with Gasteiger partial charge in [0.2, 0.25) is 0 Å². The van der Waals surface area contributed by atoms with Crippen LogP contribution in [0.3, 0.4) is 0 Å². The monoisotopic (exact) mass is 249 g/mol. The summed E-state index contributed by atoms with van der Waals surface area (Å²) in [6, 6.07) is 9.62. The molecule has 1 saturated heterocycles. The number of likely N-dealkylation sites (tertiary alicyclic amines) is 1. The number of piperidine rings is 1. The number of benzene rings is 1. The van der Waals surface area contributed by atoms with Gasteiger partial charge in [0.1, 0.15) is 6.61 Å². The van der Waals surface area contributed by atoms with E-state index in [1.165, 1.54) is 0 Å². The molecule has 18 heavy (non-hydrogen) atoms. The van der Waals surface area contributed by atoms with Crippen LogP contribution >= 0.6 is 0 Å². The zero-order chi connectivity index (χ0) is 13.0. The summed E-state index contributed by atoms with van der Waals surface area (Å²) in [6.45, 7) is 3.38. The highest BCUT2D eigenvalue weighted by atomic mass is 16.6. The average molecular weight is 249 g/mol. The molecule has 1 heterocycles. The Bertz CT molecular complexity index is 393. The Morgan fingerprint density at radius 1 is 1.44 bits per heavy atom. The van der Waals surface area contributed by atoms with Crippen LogP contribution in [0, 0.1) is 5.92 Å². The van der Waals surface area contributed by atoms with Gasteiger partial charge in [-0.15, -0.1) is 0 Å². The first-order valence-electron chi connectivity index (χ1n) is 6.30. The number of amides is 1. The lowest BCUT2D eigenvalue weighted by molar-refractivity contribution is 0.0248. The van der Waals surface area contributed by atoms with Gasteiger partial charge in [-0.2, -0.15) is 0 Å². The fourth-order valence-electron chi connectivity index (χ4n) is 2.11. The van der Waals surface area contributed by atoms with E-state index in [1.54, 1.807) is 4.90 Å². The van der Waals surface area contributed by atoms with Crippen molar-refractivity contribution < 1.29 is 14.6 Å². The van der Waals surface area contributed by atoms with Gasteiger partial charge < -0.3 is 14.7 Å². The second kappa shape index (κ2) is 5.87. The Kier molecular flexibility index (Phi) is 4.20. The number of ether oxygens (including phenoxy) is 1. The van der Waals surface area contributed by atoms with Crippen molar-refractivity contribution in [2.45, 2.75) is 26.1 Å². The zero-order valence-electron chi connectivity index (χ0n) is 10.6. The molecule has 1 aromatic carbocycles. The second-order valence-electron chi connectivity index (χ2n) is 4.82. The van der Waals surface area contributed by atoms with Crippen LogP contribution in [0.4, 0.5) is 4.79 Å². The molecule has 0 aliphatic carbocycles. The molecule has 98 valence electrons. The number of nitrogens with zero attached hydrogens (tertiary/aromatic N) is 1. The molecule has 0 spiro atoms. The summed E-state index contributed by atoms with van der Waals surface area (Å²) < 4.78 is 5.26. The largest absolute Gasteiger partial charge is 0.445 e. The van der Waals surface area contributed by atoms with E-state index in [0.717, 1.165) is 5.56 Å². The van der Waals surface area contributed by atoms with E-state index in [-0.39, 0.29) is 18.1 Å². The molecule has 1 aliphatic heterocycles. The van der Waals surface area contributed by atoms with Crippen molar-refractivity contribution in [3.63, 3.8) is 0 Å². The first kappa shape index (κ1) is 12.9. The van der Waals surface area contributed by atoms with Crippen molar-refractivity contribution in [3.05, 3.63) is 35.9 Å². The van der Waals surface area contributed by atoms with Crippen LogP contribution < -0.4 is 0 Å². The minimum absolute atomic E-state index is 0.114. The molecule has 1 aliphatic rings. The molecule has 4 heteroatoms. The van der Waals surface area contributed by atoms with E-state index in [4.69, 9.17) is 4.74 Å². The standard InChI is InChI=1S/C14H19NO3/c1-11-9-15(8-7-13(11)16)14(17)18-10-12-5-3-2-4-6-12/h2-6,11,13,16H,7-10H2,1H3/t11-,13+/m1/s1. The summed E-state index contributed by atoms with van der Waals surface area (Å²) in [4.78, 5) is 13.5. The predicted octanol–water partition coefficient (Wildman–Crippen LogP) is 2.03. The normalized spacial score (nSPS) is 23.8. The molecular weight excluding hydrogens is 230 g/mol. The quantitative estimate of drug-likeness (QED) is 0.872. The summed E-state index contributed by atoms with van der Waals surface area (Å²) in [5.41, 5.74) is 0.982. The van der Waals surface area contributed by atoms with Crippen LogP contribution in [0.1, 0.15) is 18.9 Å². The van der Waals surface area contributed by atoms with E-state index in [1.807, 2.05) is 37.3 Å². The number of aliphatic hydroxyl groups excluding tert-OH is 1. The van der Waals surface area contributed by atoms with Crippen LogP contribution in [0.15, 0.2) is 30.3 Å². The zero-order valence-corrected chi connectivity index (χ0v) is 10.6. The molecule has 1 aromatic rings. The average Bonchev–Trinajstić information content (AvgIpc) is 2.40. The molecule has 0 bridgehead atoms. The Labute approximate surface area is 107 Å². The molecule has 0 radical (unpaired) electrons. The fraction of sp³-hybridized carbons (Fsp3) is 0.500. The highest BCUT2D eigenvalue weighted by Crippen LogP contribution is 2.17. The number of rotatable bonds is 2. The third-order valence-corrected chi connectivity index (χ3v) is 3.32. The maximum Gasteiger partial charge on any atom is 0.410 e. The van der Waals surface area contributed by atoms with E-state index < -0.39 is 0 Å². The molecule has 0 saturated carbocycles. The van der Waals surface area contributed by atoms with Crippen molar-refractivity contribution in [1.29, 1.82) is 0 Å². The number of carbonyl (C=O) groups excluding carboxylic acids is 1. The van der Waals surface area contributed by atoms with Gasteiger partial charge in [0.15, 0.2) is 0 Å². The van der Waals surface area contributed by atoms with E-state index in [0.29, 0.717) is 26.1 Å². The van der Waals surface area contributed by atoms with E-state index in [9.17, 15) is 9.90 Å². The maximum atomic E-state index is 11.8. The molecule has 1 amide bonds. The Morgan fingerprint density at radius 3 is 2.83 bits per heavy atom. The minimum Gasteiger partial charge on any atom is -0.445 e. The van der Waals surface area contributed by atoms with Crippen LogP contribution in [0.2, 0.25) is 0 Å². The van der Waals surface area contributed by atoms with E-state index in [2.05, 4.69) is 0 Å². The first-order chi connectivity index (χ1) is 8.66. The van der Waals surface area contributed by atoms with Crippen molar-refractivity contribution in [1.82, 2.24) is 4.90 Å². The van der Waals surface area contributed by atoms with Crippen molar-refractivity contribution in [3.8, 4) is 0 Å². The summed E-state index contributed by atoms with van der Waals surface area (Å²) in [5, 5.41) is 9.61. The molecule has 0 aromatic heterocycles. The predicted molar refractivity (Wildman–Crippen MR) is 68.0 cm³/mol. The second-order valence-corrected chi connectivity index (χ2v) is 4.82. The first-order valence-corrected chi connectivity index (χ1v) is 6.30. The van der Waals surface area contributed by atoms with Crippen molar-refractivity contribution in [2.24, 2.45) is 5.92 Å². The third kappa shape index (κ3) is 3.23. The van der Waals surface area contributed by atoms with Crippen molar-refractivity contribution in [2.75, 3.05) is 13.1 Å². The van der Waals surface area contributed by atoms with Crippen LogP contribution in [0.5, 0.6) is 0 Å². The fourth-order valence-corrected chi connectivity index (χ4v) is 2.11. The lowest BCUT2D eigenvalue weighted by atomic mass is 9.97. The van der Waals surface area contributed by atoms with Gasteiger partial charge in [-0.1, -0.05) is 37.3 Å². The van der Waals surface area contributed by atoms with Gasteiger partial charge in [-0.25, -0.2) is 4.79 Å². The minimum atomic E-state index is -0.303. The number of hydrogen-bond donors (Lipinski definition) is 1. The van der Waals surface area contributed by atoms with Gasteiger partial charge in [-0.05, 0) is 17.9 Å². The molecule has 2 atom stereocenters. The third-order valence-electron chi connectivity index (χ3n) is 3.32. The van der Waals surface area contributed by atoms with Crippen LogP contribution in [0.25, 0.3) is 0 Å². The number of carbonyl (C=O) groups is 1. The highest BCUT2D eigenvalue weighted by molar-refractivity contribution is 5.67. The number of hydrogen-bond acceptors (Lipinski definition) is 3. The Balaban J connectivity index is 1.82. The van der Waals surface area contributed by atoms with Gasteiger partial charge in [0, 0.05) is 13.1 Å². The van der Waals surface area contributed by atoms with Gasteiger partial charge in [0.05, 0.1) is 6.10 Å². The van der Waals surface area contributed by atoms with Crippen LogP contribution in [-0.2, 0) is 11.3 Å². The maximum absolute atomic E-state index is 11.8. The SMILES string of the molecule is C[C@@H]1CN(C(=O)OCc2ccccc2)CC[C@@H]1O. The summed E-state index contributed by atoms with van der Waals surface area (Å²) >= 11 is 0. The summed E-state index contributed by atoms with van der Waals surface area (Å²) in [5.74, 6) is 0.114. The Hall–Kier alpha value is -1.55. The molecule has 2 rings (SSSR count). The molecule has 1 N–H and O–H groups in total. The Morgan fingerprint density at radius 2 is 2.17 bits per heavy atom. The van der Waals surface area contributed by atoms with Gasteiger partial charge >= 0.3 is 6.09 Å². The summed E-state index contributed by atoms with van der Waals surface area (Å²) in [7, 11) is 0. The van der Waals surface area contributed by atoms with Gasteiger partial charge in [-0.3, -0.25) is 0 Å².